The number of nitrogens with zero attached hydrogens (tertiary/aromatic N) is 1. The van der Waals surface area contributed by atoms with Crippen molar-refractivity contribution in [2.45, 2.75) is 57.5 Å². The van der Waals surface area contributed by atoms with E-state index in [1.807, 2.05) is 0 Å². The highest BCUT2D eigenvalue weighted by molar-refractivity contribution is 6.06. The Bertz CT molecular complexity index is 508. The Balaban J connectivity index is 1.85. The summed E-state index contributed by atoms with van der Waals surface area (Å²) in [5.41, 5.74) is 4.06. The van der Waals surface area contributed by atoms with Crippen molar-refractivity contribution >= 4 is 17.7 Å². The molecule has 1 atom stereocenters. The van der Waals surface area contributed by atoms with Crippen LogP contribution in [0.1, 0.15) is 46.0 Å². The van der Waals surface area contributed by atoms with Gasteiger partial charge in [-0.15, -0.1) is 0 Å². The smallest absolute Gasteiger partial charge is 0.239 e. The zero-order valence-electron chi connectivity index (χ0n) is 12.6. The minimum Gasteiger partial charge on any atom is -0.368 e. The number of nitrogens with one attached hydrogen (secondary N) is 1. The average molecular weight is 293 g/mol. The van der Waals surface area contributed by atoms with Gasteiger partial charge >= 0.3 is 0 Å². The van der Waals surface area contributed by atoms with Crippen LogP contribution in [0, 0.1) is 11.3 Å². The van der Waals surface area contributed by atoms with E-state index in [1.54, 1.807) is 13.8 Å². The minimum atomic E-state index is -0.938. The molecular formula is C15H23N3O3. The van der Waals surface area contributed by atoms with Crippen LogP contribution in [0.25, 0.3) is 0 Å². The Morgan fingerprint density at radius 1 is 1.33 bits per heavy atom. The van der Waals surface area contributed by atoms with E-state index in [2.05, 4.69) is 5.32 Å². The van der Waals surface area contributed by atoms with Gasteiger partial charge in [0.1, 0.15) is 5.54 Å². The van der Waals surface area contributed by atoms with Gasteiger partial charge in [0.15, 0.2) is 0 Å². The van der Waals surface area contributed by atoms with Gasteiger partial charge in [0.05, 0.1) is 12.0 Å². The van der Waals surface area contributed by atoms with E-state index in [-0.39, 0.29) is 30.7 Å². The number of primary amides is 1. The van der Waals surface area contributed by atoms with Gasteiger partial charge in [-0.25, -0.2) is 0 Å². The first kappa shape index (κ1) is 14.5. The van der Waals surface area contributed by atoms with Crippen LogP contribution in [0.4, 0.5) is 0 Å². The van der Waals surface area contributed by atoms with Gasteiger partial charge in [0.25, 0.3) is 0 Å². The number of carbonyl (C=O) groups excluding carboxylic acids is 3. The van der Waals surface area contributed by atoms with Crippen molar-refractivity contribution in [2.75, 3.05) is 6.54 Å². The molecule has 2 aliphatic carbocycles. The molecular weight excluding hydrogens is 270 g/mol. The zero-order valence-corrected chi connectivity index (χ0v) is 12.6. The van der Waals surface area contributed by atoms with Gasteiger partial charge in [0.2, 0.25) is 17.7 Å². The molecule has 0 aromatic carbocycles. The van der Waals surface area contributed by atoms with Crippen LogP contribution < -0.4 is 11.1 Å². The number of nitrogens with two attached hydrogens (primary N) is 1. The molecule has 2 saturated carbocycles. The molecule has 1 aliphatic heterocycles. The summed E-state index contributed by atoms with van der Waals surface area (Å²) in [6.07, 6.45) is 4.09. The van der Waals surface area contributed by atoms with Crippen LogP contribution in [0.3, 0.4) is 0 Å². The maximum atomic E-state index is 12.4. The van der Waals surface area contributed by atoms with Gasteiger partial charge in [-0.2, -0.15) is 0 Å². The summed E-state index contributed by atoms with van der Waals surface area (Å²) in [5, 5.41) is 3.34. The second kappa shape index (κ2) is 4.53. The number of rotatable bonds is 6. The molecule has 21 heavy (non-hydrogen) atoms. The maximum absolute atomic E-state index is 12.4. The third-order valence-electron chi connectivity index (χ3n) is 4.88. The predicted octanol–water partition coefficient (Wildman–Crippen LogP) is 0.158. The molecule has 3 rings (SSSR count). The lowest BCUT2D eigenvalue weighted by Crippen LogP contribution is -2.64. The fourth-order valence-corrected chi connectivity index (χ4v) is 3.25. The van der Waals surface area contributed by atoms with Gasteiger partial charge < -0.3 is 5.73 Å². The summed E-state index contributed by atoms with van der Waals surface area (Å²) < 4.78 is 0. The lowest BCUT2D eigenvalue weighted by molar-refractivity contribution is -0.143. The summed E-state index contributed by atoms with van der Waals surface area (Å²) >= 11 is 0. The van der Waals surface area contributed by atoms with E-state index in [0.717, 1.165) is 25.7 Å². The first-order valence-corrected chi connectivity index (χ1v) is 7.69. The second-order valence-corrected chi connectivity index (χ2v) is 7.37. The normalized spacial score (nSPS) is 27.8. The lowest BCUT2D eigenvalue weighted by Gasteiger charge is -2.35. The summed E-state index contributed by atoms with van der Waals surface area (Å²) in [6.45, 7) is 3.62. The molecule has 0 aromatic heterocycles. The standard InChI is InChI=1S/C15H23N3O3/c1-14(2)7-11(19)18(13(14)21)8-15(12(16)20,9-3-4-9)17-10-5-6-10/h9-10,17H,3-8H2,1-2H3,(H2,16,20). The highest BCUT2D eigenvalue weighted by Crippen LogP contribution is 2.43. The van der Waals surface area contributed by atoms with Crippen LogP contribution >= 0.6 is 0 Å². The van der Waals surface area contributed by atoms with Crippen molar-refractivity contribution in [1.29, 1.82) is 0 Å². The van der Waals surface area contributed by atoms with E-state index in [0.29, 0.717) is 6.04 Å². The maximum Gasteiger partial charge on any atom is 0.239 e. The summed E-state index contributed by atoms with van der Waals surface area (Å²) in [5.74, 6) is -0.702. The molecule has 1 unspecified atom stereocenters. The number of hydrogen-bond acceptors (Lipinski definition) is 4. The van der Waals surface area contributed by atoms with Crippen molar-refractivity contribution in [3.63, 3.8) is 0 Å². The highest BCUT2D eigenvalue weighted by Gasteiger charge is 2.56. The highest BCUT2D eigenvalue weighted by atomic mass is 16.2. The molecule has 0 spiro atoms. The molecule has 3 fully saturated rings. The van der Waals surface area contributed by atoms with Gasteiger partial charge in [0, 0.05) is 12.5 Å². The number of carbonyl (C=O) groups is 3. The van der Waals surface area contributed by atoms with Gasteiger partial charge in [-0.3, -0.25) is 24.6 Å². The Kier molecular flexibility index (Phi) is 3.13. The van der Waals surface area contributed by atoms with Crippen LogP contribution in [-0.2, 0) is 14.4 Å². The molecule has 3 N–H and O–H groups in total. The fraction of sp³-hybridized carbons (Fsp3) is 0.800. The minimum absolute atomic E-state index is 0.0879. The third kappa shape index (κ3) is 2.46. The Morgan fingerprint density at radius 2 is 1.95 bits per heavy atom. The van der Waals surface area contributed by atoms with Crippen molar-refractivity contribution in [3.05, 3.63) is 0 Å². The van der Waals surface area contributed by atoms with Crippen molar-refractivity contribution < 1.29 is 14.4 Å². The molecule has 1 heterocycles. The predicted molar refractivity (Wildman–Crippen MR) is 75.9 cm³/mol. The molecule has 0 radical (unpaired) electrons. The van der Waals surface area contributed by atoms with Crippen LogP contribution in [-0.4, -0.2) is 40.7 Å². The summed E-state index contributed by atoms with van der Waals surface area (Å²) in [7, 11) is 0. The first-order chi connectivity index (χ1) is 9.76. The molecule has 6 nitrogen and oxygen atoms in total. The zero-order chi connectivity index (χ0) is 15.4. The monoisotopic (exact) mass is 293 g/mol. The van der Waals surface area contributed by atoms with Crippen LogP contribution in [0.15, 0.2) is 0 Å². The Morgan fingerprint density at radius 3 is 2.33 bits per heavy atom. The quantitative estimate of drug-likeness (QED) is 0.682. The van der Waals surface area contributed by atoms with Gasteiger partial charge in [-0.1, -0.05) is 13.8 Å². The van der Waals surface area contributed by atoms with Crippen molar-refractivity contribution in [2.24, 2.45) is 17.1 Å². The molecule has 3 aliphatic rings. The van der Waals surface area contributed by atoms with E-state index >= 15 is 0 Å². The van der Waals surface area contributed by atoms with E-state index < -0.39 is 16.9 Å². The molecule has 6 heteroatoms. The number of imide groups is 1. The van der Waals surface area contributed by atoms with Crippen molar-refractivity contribution in [3.8, 4) is 0 Å². The first-order valence-electron chi connectivity index (χ1n) is 7.69. The molecule has 3 amide bonds. The lowest BCUT2D eigenvalue weighted by atomic mass is 9.90. The van der Waals surface area contributed by atoms with Crippen molar-refractivity contribution in [1.82, 2.24) is 10.2 Å². The van der Waals surface area contributed by atoms with E-state index in [4.69, 9.17) is 5.73 Å². The SMILES string of the molecule is CC1(C)CC(=O)N(CC(NC2CC2)(C(N)=O)C2CC2)C1=O. The summed E-state index contributed by atoms with van der Waals surface area (Å²) in [6, 6.07) is 0.291. The second-order valence-electron chi connectivity index (χ2n) is 7.37. The topological polar surface area (TPSA) is 92.5 Å². The van der Waals surface area contributed by atoms with Gasteiger partial charge in [-0.05, 0) is 31.6 Å². The third-order valence-corrected chi connectivity index (χ3v) is 4.88. The van der Waals surface area contributed by atoms with E-state index in [9.17, 15) is 14.4 Å². The number of likely N-dealkylation sites (tertiary alicyclic amines) is 1. The van der Waals surface area contributed by atoms with Crippen LogP contribution in [0.5, 0.6) is 0 Å². The number of hydrogen-bond donors (Lipinski definition) is 2. The van der Waals surface area contributed by atoms with E-state index in [1.165, 1.54) is 4.90 Å². The molecule has 116 valence electrons. The molecule has 0 aromatic rings. The average Bonchev–Trinajstić information content (AvgIpc) is 3.24. The Labute approximate surface area is 124 Å². The fourth-order valence-electron chi connectivity index (χ4n) is 3.25. The largest absolute Gasteiger partial charge is 0.368 e. The van der Waals surface area contributed by atoms with Crippen LogP contribution in [0.2, 0.25) is 0 Å². The summed E-state index contributed by atoms with van der Waals surface area (Å²) in [4.78, 5) is 38.0. The molecule has 0 bridgehead atoms. The Hall–Kier alpha value is -1.43. The molecule has 1 saturated heterocycles. The number of amides is 3.